The van der Waals surface area contributed by atoms with Gasteiger partial charge in [0.15, 0.2) is 0 Å². The Balaban J connectivity index is 2.34. The SMILES string of the molecule is COC(=O)C1(c2ccc(N)cc2)CC(N)C1. The molecule has 4 N–H and O–H groups in total. The van der Waals surface area contributed by atoms with E-state index in [-0.39, 0.29) is 12.0 Å². The Morgan fingerprint density at radius 3 is 2.38 bits per heavy atom. The number of ether oxygens (including phenoxy) is 1. The van der Waals surface area contributed by atoms with Crippen LogP contribution in [0.2, 0.25) is 0 Å². The minimum absolute atomic E-state index is 0.0802. The maximum absolute atomic E-state index is 11.8. The molecule has 1 saturated carbocycles. The van der Waals surface area contributed by atoms with Gasteiger partial charge in [-0.15, -0.1) is 0 Å². The summed E-state index contributed by atoms with van der Waals surface area (Å²) in [6, 6.07) is 7.42. The van der Waals surface area contributed by atoms with Gasteiger partial charge in [0, 0.05) is 11.7 Å². The fraction of sp³-hybridized carbons (Fsp3) is 0.417. The van der Waals surface area contributed by atoms with E-state index >= 15 is 0 Å². The normalized spacial score (nSPS) is 28.2. The maximum atomic E-state index is 11.8. The quantitative estimate of drug-likeness (QED) is 0.571. The highest BCUT2D eigenvalue weighted by Gasteiger charge is 2.51. The van der Waals surface area contributed by atoms with Crippen LogP contribution in [0.5, 0.6) is 0 Å². The Labute approximate surface area is 94.6 Å². The van der Waals surface area contributed by atoms with E-state index in [4.69, 9.17) is 16.2 Å². The van der Waals surface area contributed by atoms with Crippen LogP contribution >= 0.6 is 0 Å². The van der Waals surface area contributed by atoms with Crippen molar-refractivity contribution in [3.8, 4) is 0 Å². The molecule has 0 aromatic heterocycles. The van der Waals surface area contributed by atoms with Gasteiger partial charge in [0.1, 0.15) is 0 Å². The number of rotatable bonds is 2. The molecule has 16 heavy (non-hydrogen) atoms. The molecule has 0 amide bonds. The van der Waals surface area contributed by atoms with E-state index in [1.807, 2.05) is 12.1 Å². The molecule has 1 fully saturated rings. The van der Waals surface area contributed by atoms with Gasteiger partial charge in [0.25, 0.3) is 0 Å². The van der Waals surface area contributed by atoms with Crippen LogP contribution in [0.15, 0.2) is 24.3 Å². The number of carbonyl (C=O) groups is 1. The number of nitrogens with two attached hydrogens (primary N) is 2. The van der Waals surface area contributed by atoms with Gasteiger partial charge in [0.05, 0.1) is 12.5 Å². The van der Waals surface area contributed by atoms with E-state index in [1.165, 1.54) is 7.11 Å². The molecule has 0 aliphatic heterocycles. The standard InChI is InChI=1S/C12H16N2O2/c1-16-11(15)12(6-10(14)7-12)8-2-4-9(13)5-3-8/h2-5,10H,6-7,13-14H2,1H3. The zero-order valence-corrected chi connectivity index (χ0v) is 9.27. The first kappa shape index (κ1) is 11.0. The van der Waals surface area contributed by atoms with Crippen molar-refractivity contribution in [3.05, 3.63) is 29.8 Å². The van der Waals surface area contributed by atoms with Gasteiger partial charge in [0.2, 0.25) is 0 Å². The van der Waals surface area contributed by atoms with Crippen molar-refractivity contribution >= 4 is 11.7 Å². The molecule has 1 aromatic rings. The van der Waals surface area contributed by atoms with Gasteiger partial charge in [-0.05, 0) is 30.5 Å². The molecule has 1 aromatic carbocycles. The van der Waals surface area contributed by atoms with E-state index < -0.39 is 5.41 Å². The van der Waals surface area contributed by atoms with E-state index in [9.17, 15) is 4.79 Å². The fourth-order valence-electron chi connectivity index (χ4n) is 2.35. The molecule has 0 heterocycles. The minimum atomic E-state index is -0.554. The highest BCUT2D eigenvalue weighted by molar-refractivity contribution is 5.85. The van der Waals surface area contributed by atoms with E-state index in [2.05, 4.69) is 0 Å². The first-order chi connectivity index (χ1) is 7.58. The molecule has 0 spiro atoms. The second kappa shape index (κ2) is 3.79. The number of esters is 1. The van der Waals surface area contributed by atoms with Crippen molar-refractivity contribution < 1.29 is 9.53 Å². The third-order valence-electron chi connectivity index (χ3n) is 3.26. The third kappa shape index (κ3) is 1.55. The lowest BCUT2D eigenvalue weighted by Crippen LogP contribution is -2.54. The van der Waals surface area contributed by atoms with Crippen LogP contribution in [0.25, 0.3) is 0 Å². The monoisotopic (exact) mass is 220 g/mol. The number of anilines is 1. The molecule has 0 radical (unpaired) electrons. The topological polar surface area (TPSA) is 78.3 Å². The van der Waals surface area contributed by atoms with Crippen molar-refractivity contribution in [2.45, 2.75) is 24.3 Å². The molecular weight excluding hydrogens is 204 g/mol. The summed E-state index contributed by atoms with van der Waals surface area (Å²) in [5.41, 5.74) is 12.5. The summed E-state index contributed by atoms with van der Waals surface area (Å²) in [6.07, 6.45) is 1.28. The average Bonchev–Trinajstić information content (AvgIpc) is 2.25. The van der Waals surface area contributed by atoms with Gasteiger partial charge in [-0.1, -0.05) is 12.1 Å². The van der Waals surface area contributed by atoms with E-state index in [0.717, 1.165) is 5.56 Å². The Bertz CT molecular complexity index is 394. The van der Waals surface area contributed by atoms with Gasteiger partial charge in [-0.3, -0.25) is 4.79 Å². The molecule has 4 heteroatoms. The van der Waals surface area contributed by atoms with Crippen LogP contribution < -0.4 is 11.5 Å². The summed E-state index contributed by atoms with van der Waals surface area (Å²) in [7, 11) is 1.41. The number of carbonyl (C=O) groups excluding carboxylic acids is 1. The predicted molar refractivity (Wildman–Crippen MR) is 61.8 cm³/mol. The molecule has 0 bridgehead atoms. The van der Waals surface area contributed by atoms with E-state index in [0.29, 0.717) is 18.5 Å². The van der Waals surface area contributed by atoms with Crippen LogP contribution in [-0.4, -0.2) is 19.1 Å². The van der Waals surface area contributed by atoms with Crippen molar-refractivity contribution in [1.82, 2.24) is 0 Å². The smallest absolute Gasteiger partial charge is 0.316 e. The Morgan fingerprint density at radius 2 is 1.94 bits per heavy atom. The number of methoxy groups -OCH3 is 1. The number of benzene rings is 1. The molecule has 2 rings (SSSR count). The molecule has 86 valence electrons. The second-order valence-corrected chi connectivity index (χ2v) is 4.36. The summed E-state index contributed by atoms with van der Waals surface area (Å²) < 4.78 is 4.86. The van der Waals surface area contributed by atoms with E-state index in [1.54, 1.807) is 12.1 Å². The summed E-state index contributed by atoms with van der Waals surface area (Å²) in [6.45, 7) is 0. The van der Waals surface area contributed by atoms with Crippen LogP contribution in [0, 0.1) is 0 Å². The Morgan fingerprint density at radius 1 is 1.38 bits per heavy atom. The summed E-state index contributed by atoms with van der Waals surface area (Å²) >= 11 is 0. The van der Waals surface area contributed by atoms with Crippen molar-refractivity contribution in [3.63, 3.8) is 0 Å². The Kier molecular flexibility index (Phi) is 2.59. The van der Waals surface area contributed by atoms with Crippen LogP contribution in [0.1, 0.15) is 18.4 Å². The molecule has 0 saturated heterocycles. The summed E-state index contributed by atoms with van der Waals surface area (Å²) in [5.74, 6) is -0.209. The zero-order valence-electron chi connectivity index (χ0n) is 9.27. The molecule has 0 atom stereocenters. The largest absolute Gasteiger partial charge is 0.468 e. The predicted octanol–water partition coefficient (Wildman–Crippen LogP) is 0.801. The van der Waals surface area contributed by atoms with Gasteiger partial charge >= 0.3 is 5.97 Å². The number of hydrogen-bond donors (Lipinski definition) is 2. The first-order valence-corrected chi connectivity index (χ1v) is 5.28. The van der Waals surface area contributed by atoms with Crippen LogP contribution in [-0.2, 0) is 14.9 Å². The van der Waals surface area contributed by atoms with Gasteiger partial charge in [-0.2, -0.15) is 0 Å². The lowest BCUT2D eigenvalue weighted by Gasteiger charge is -2.43. The van der Waals surface area contributed by atoms with Crippen molar-refractivity contribution in [2.24, 2.45) is 5.73 Å². The fourth-order valence-corrected chi connectivity index (χ4v) is 2.35. The lowest BCUT2D eigenvalue weighted by atomic mass is 9.62. The zero-order chi connectivity index (χ0) is 11.8. The van der Waals surface area contributed by atoms with Crippen LogP contribution in [0.3, 0.4) is 0 Å². The molecule has 0 unspecified atom stereocenters. The highest BCUT2D eigenvalue weighted by Crippen LogP contribution is 2.44. The summed E-state index contributed by atoms with van der Waals surface area (Å²) in [5, 5.41) is 0. The first-order valence-electron chi connectivity index (χ1n) is 5.28. The molecule has 1 aliphatic rings. The average molecular weight is 220 g/mol. The molecule has 1 aliphatic carbocycles. The maximum Gasteiger partial charge on any atom is 0.316 e. The van der Waals surface area contributed by atoms with Crippen molar-refractivity contribution in [2.75, 3.05) is 12.8 Å². The second-order valence-electron chi connectivity index (χ2n) is 4.36. The third-order valence-corrected chi connectivity index (χ3v) is 3.26. The van der Waals surface area contributed by atoms with Gasteiger partial charge in [-0.25, -0.2) is 0 Å². The highest BCUT2D eigenvalue weighted by atomic mass is 16.5. The van der Waals surface area contributed by atoms with Gasteiger partial charge < -0.3 is 16.2 Å². The Hall–Kier alpha value is -1.55. The van der Waals surface area contributed by atoms with Crippen molar-refractivity contribution in [1.29, 1.82) is 0 Å². The lowest BCUT2D eigenvalue weighted by molar-refractivity contribution is -0.152. The number of nitrogen functional groups attached to an aromatic ring is 1. The molecule has 4 nitrogen and oxygen atoms in total. The molecular formula is C12H16N2O2. The minimum Gasteiger partial charge on any atom is -0.468 e. The van der Waals surface area contributed by atoms with Crippen LogP contribution in [0.4, 0.5) is 5.69 Å². The number of hydrogen-bond acceptors (Lipinski definition) is 4. The summed E-state index contributed by atoms with van der Waals surface area (Å²) in [4.78, 5) is 11.8.